The lowest BCUT2D eigenvalue weighted by Gasteiger charge is -2.14. The topological polar surface area (TPSA) is 39.1 Å². The highest BCUT2D eigenvalue weighted by atomic mass is 32.1. The van der Waals surface area contributed by atoms with Crippen LogP contribution in [0, 0.1) is 13.8 Å². The predicted molar refractivity (Wildman–Crippen MR) is 80.1 cm³/mol. The van der Waals surface area contributed by atoms with Gasteiger partial charge in [-0.25, -0.2) is 4.98 Å². The van der Waals surface area contributed by atoms with Gasteiger partial charge in [0, 0.05) is 35.3 Å². The molecule has 2 rings (SSSR count). The molecule has 0 saturated heterocycles. The molecule has 0 spiro atoms. The Morgan fingerprint density at radius 1 is 1.47 bits per heavy atom. The van der Waals surface area contributed by atoms with Gasteiger partial charge in [-0.15, -0.1) is 11.3 Å². The van der Waals surface area contributed by atoms with E-state index >= 15 is 0 Å². The van der Waals surface area contributed by atoms with E-state index in [0.29, 0.717) is 6.61 Å². The van der Waals surface area contributed by atoms with Crippen LogP contribution in [-0.4, -0.2) is 29.3 Å². The van der Waals surface area contributed by atoms with Gasteiger partial charge in [-0.05, 0) is 32.4 Å². The number of ether oxygens (including phenoxy) is 1. The number of thiophene rings is 1. The van der Waals surface area contributed by atoms with Gasteiger partial charge in [0.1, 0.15) is 0 Å². The standard InChI is InChI=1S/C14H21N3OS/c1-10-7-13(19-12(10)3)8-17-6-5-15-14(17)16-11(2)9-18-4/h5-7,11H,8-9H2,1-4H3,(H,15,16). The molecule has 0 aromatic carbocycles. The van der Waals surface area contributed by atoms with Gasteiger partial charge in [0.25, 0.3) is 0 Å². The van der Waals surface area contributed by atoms with E-state index < -0.39 is 0 Å². The number of imidazole rings is 1. The van der Waals surface area contributed by atoms with Crippen LogP contribution in [0.2, 0.25) is 0 Å². The Morgan fingerprint density at radius 2 is 2.26 bits per heavy atom. The molecule has 0 fully saturated rings. The van der Waals surface area contributed by atoms with Crippen molar-refractivity contribution >= 4 is 17.3 Å². The molecule has 0 saturated carbocycles. The molecule has 0 aliphatic rings. The summed E-state index contributed by atoms with van der Waals surface area (Å²) in [5, 5.41) is 3.36. The first-order valence-electron chi connectivity index (χ1n) is 6.42. The zero-order valence-electron chi connectivity index (χ0n) is 11.9. The molecule has 0 aliphatic carbocycles. The van der Waals surface area contributed by atoms with Crippen molar-refractivity contribution in [1.82, 2.24) is 9.55 Å². The number of hydrogen-bond donors (Lipinski definition) is 1. The van der Waals surface area contributed by atoms with Crippen LogP contribution in [0.3, 0.4) is 0 Å². The number of methoxy groups -OCH3 is 1. The smallest absolute Gasteiger partial charge is 0.203 e. The maximum atomic E-state index is 5.13. The highest BCUT2D eigenvalue weighted by Gasteiger charge is 2.09. The molecule has 1 unspecified atom stereocenters. The average molecular weight is 279 g/mol. The zero-order valence-corrected chi connectivity index (χ0v) is 12.8. The summed E-state index contributed by atoms with van der Waals surface area (Å²) in [5.41, 5.74) is 1.36. The van der Waals surface area contributed by atoms with Crippen molar-refractivity contribution in [1.29, 1.82) is 0 Å². The molecule has 0 bridgehead atoms. The second-order valence-electron chi connectivity index (χ2n) is 4.83. The van der Waals surface area contributed by atoms with Crippen LogP contribution in [0.15, 0.2) is 18.5 Å². The van der Waals surface area contributed by atoms with E-state index in [1.165, 1.54) is 15.3 Å². The SMILES string of the molecule is COCC(C)Nc1nccn1Cc1cc(C)c(C)s1. The van der Waals surface area contributed by atoms with E-state index in [2.05, 4.69) is 41.7 Å². The molecule has 5 heteroatoms. The van der Waals surface area contributed by atoms with Gasteiger partial charge in [-0.3, -0.25) is 0 Å². The quantitative estimate of drug-likeness (QED) is 0.883. The van der Waals surface area contributed by atoms with Gasteiger partial charge in [0.2, 0.25) is 5.95 Å². The summed E-state index contributed by atoms with van der Waals surface area (Å²) in [7, 11) is 1.71. The highest BCUT2D eigenvalue weighted by molar-refractivity contribution is 7.12. The number of hydrogen-bond acceptors (Lipinski definition) is 4. The van der Waals surface area contributed by atoms with Crippen LogP contribution in [0.5, 0.6) is 0 Å². The largest absolute Gasteiger partial charge is 0.383 e. The molecule has 0 amide bonds. The summed E-state index contributed by atoms with van der Waals surface area (Å²) < 4.78 is 7.27. The van der Waals surface area contributed by atoms with E-state index in [1.54, 1.807) is 7.11 Å². The van der Waals surface area contributed by atoms with Crippen LogP contribution in [0.25, 0.3) is 0 Å². The Kier molecular flexibility index (Phi) is 4.61. The Morgan fingerprint density at radius 3 is 2.89 bits per heavy atom. The summed E-state index contributed by atoms with van der Waals surface area (Å²) in [6.45, 7) is 7.94. The first kappa shape index (κ1) is 14.1. The van der Waals surface area contributed by atoms with Crippen LogP contribution >= 0.6 is 11.3 Å². The molecule has 104 valence electrons. The van der Waals surface area contributed by atoms with E-state index in [9.17, 15) is 0 Å². The molecule has 4 nitrogen and oxygen atoms in total. The van der Waals surface area contributed by atoms with E-state index in [-0.39, 0.29) is 6.04 Å². The number of nitrogens with one attached hydrogen (secondary N) is 1. The molecule has 19 heavy (non-hydrogen) atoms. The van der Waals surface area contributed by atoms with Crippen molar-refractivity contribution in [2.75, 3.05) is 19.0 Å². The van der Waals surface area contributed by atoms with Crippen molar-refractivity contribution in [2.45, 2.75) is 33.4 Å². The van der Waals surface area contributed by atoms with Crippen molar-refractivity contribution in [3.8, 4) is 0 Å². The molecular formula is C14H21N3OS. The summed E-state index contributed by atoms with van der Waals surface area (Å²) in [4.78, 5) is 7.11. The van der Waals surface area contributed by atoms with Crippen molar-refractivity contribution in [3.05, 3.63) is 33.8 Å². The van der Waals surface area contributed by atoms with Gasteiger partial charge in [0.15, 0.2) is 0 Å². The van der Waals surface area contributed by atoms with Crippen LogP contribution in [0.1, 0.15) is 22.2 Å². The summed E-state index contributed by atoms with van der Waals surface area (Å²) in [5.74, 6) is 0.897. The van der Waals surface area contributed by atoms with Crippen LogP contribution in [-0.2, 0) is 11.3 Å². The first-order chi connectivity index (χ1) is 9.10. The van der Waals surface area contributed by atoms with Crippen molar-refractivity contribution < 1.29 is 4.74 Å². The molecule has 2 aromatic heterocycles. The minimum atomic E-state index is 0.248. The third kappa shape index (κ3) is 3.58. The second-order valence-corrected chi connectivity index (χ2v) is 6.17. The van der Waals surface area contributed by atoms with Gasteiger partial charge in [-0.2, -0.15) is 0 Å². The van der Waals surface area contributed by atoms with Gasteiger partial charge in [0.05, 0.1) is 13.2 Å². The van der Waals surface area contributed by atoms with Gasteiger partial charge in [-0.1, -0.05) is 0 Å². The number of rotatable bonds is 6. The molecule has 0 radical (unpaired) electrons. The maximum absolute atomic E-state index is 5.13. The third-order valence-electron chi connectivity index (χ3n) is 3.05. The summed E-state index contributed by atoms with van der Waals surface area (Å²) in [6.07, 6.45) is 3.83. The molecular weight excluding hydrogens is 258 g/mol. The van der Waals surface area contributed by atoms with E-state index in [1.807, 2.05) is 23.7 Å². The molecule has 0 aliphatic heterocycles. The van der Waals surface area contributed by atoms with E-state index in [0.717, 1.165) is 12.5 Å². The number of nitrogens with zero attached hydrogens (tertiary/aromatic N) is 2. The number of aromatic nitrogens is 2. The maximum Gasteiger partial charge on any atom is 0.203 e. The normalized spacial score (nSPS) is 12.6. The van der Waals surface area contributed by atoms with Crippen molar-refractivity contribution in [2.24, 2.45) is 0 Å². The molecule has 2 heterocycles. The second kappa shape index (κ2) is 6.21. The fourth-order valence-corrected chi connectivity index (χ4v) is 3.04. The molecule has 1 N–H and O–H groups in total. The fourth-order valence-electron chi connectivity index (χ4n) is 1.98. The first-order valence-corrected chi connectivity index (χ1v) is 7.24. The lowest BCUT2D eigenvalue weighted by atomic mass is 10.3. The highest BCUT2D eigenvalue weighted by Crippen LogP contribution is 2.22. The lowest BCUT2D eigenvalue weighted by Crippen LogP contribution is -2.23. The minimum Gasteiger partial charge on any atom is -0.383 e. The lowest BCUT2D eigenvalue weighted by molar-refractivity contribution is 0.190. The molecule has 2 aromatic rings. The Balaban J connectivity index is 2.07. The Bertz CT molecular complexity index is 513. The summed E-state index contributed by atoms with van der Waals surface area (Å²) >= 11 is 1.85. The van der Waals surface area contributed by atoms with Crippen molar-refractivity contribution in [3.63, 3.8) is 0 Å². The fraction of sp³-hybridized carbons (Fsp3) is 0.500. The predicted octanol–water partition coefficient (Wildman–Crippen LogP) is 3.06. The minimum absolute atomic E-state index is 0.248. The Hall–Kier alpha value is -1.33. The van der Waals surface area contributed by atoms with Crippen LogP contribution < -0.4 is 5.32 Å². The number of anilines is 1. The van der Waals surface area contributed by atoms with Gasteiger partial charge < -0.3 is 14.6 Å². The summed E-state index contributed by atoms with van der Waals surface area (Å²) in [6, 6.07) is 2.50. The van der Waals surface area contributed by atoms with Crippen LogP contribution in [0.4, 0.5) is 5.95 Å². The molecule has 1 atom stereocenters. The zero-order chi connectivity index (χ0) is 13.8. The number of aryl methyl sites for hydroxylation is 2. The third-order valence-corrected chi connectivity index (χ3v) is 4.19. The average Bonchev–Trinajstić information content (AvgIpc) is 2.88. The van der Waals surface area contributed by atoms with E-state index in [4.69, 9.17) is 4.74 Å². The Labute approximate surface area is 118 Å². The van der Waals surface area contributed by atoms with Gasteiger partial charge >= 0.3 is 0 Å². The monoisotopic (exact) mass is 279 g/mol.